The molecule has 4 nitrogen and oxygen atoms in total. The number of nitrogens with zero attached hydrogens (tertiary/aromatic N) is 2. The summed E-state index contributed by atoms with van der Waals surface area (Å²) in [4.78, 5) is 2.50. The first-order valence-electron chi connectivity index (χ1n) is 14.4. The van der Waals surface area contributed by atoms with Gasteiger partial charge in [0.25, 0.3) is 0 Å². The van der Waals surface area contributed by atoms with E-state index in [-0.39, 0.29) is 13.7 Å². The maximum Gasteiger partial charge on any atom is 0.347 e. The van der Waals surface area contributed by atoms with E-state index in [1.54, 1.807) is 0 Å². The topological polar surface area (TPSA) is 32.8 Å². The molecular weight excluding hydrogens is 514 g/mol. The summed E-state index contributed by atoms with van der Waals surface area (Å²) < 4.78 is 13.6. The van der Waals surface area contributed by atoms with E-state index in [0.29, 0.717) is 0 Å². The molecule has 0 amide bonds. The molecule has 0 spiro atoms. The Morgan fingerprint density at radius 2 is 0.976 bits per heavy atom. The maximum absolute atomic E-state index is 6.80. The van der Waals surface area contributed by atoms with Crippen LogP contribution >= 0.6 is 0 Å². The minimum absolute atomic E-state index is 0.0971. The van der Waals surface area contributed by atoms with Crippen LogP contribution in [0.1, 0.15) is 0 Å². The molecule has 8 aromatic rings. The Bertz CT molecular complexity index is 2360. The van der Waals surface area contributed by atoms with Gasteiger partial charge in [-0.1, -0.05) is 115 Å². The van der Waals surface area contributed by atoms with Crippen molar-refractivity contribution in [1.29, 1.82) is 0 Å². The van der Waals surface area contributed by atoms with Crippen LogP contribution in [0.2, 0.25) is 0 Å². The third-order valence-corrected chi connectivity index (χ3v) is 9.13. The molecule has 0 aliphatic carbocycles. The molecule has 6 aromatic carbocycles. The molecule has 2 aliphatic rings. The second-order valence-corrected chi connectivity index (χ2v) is 11.3. The molecule has 0 bridgehead atoms. The number of hydrogen-bond acceptors (Lipinski definition) is 4. The number of fused-ring (bicyclic) bond motifs is 11. The van der Waals surface area contributed by atoms with Crippen molar-refractivity contribution < 1.29 is 8.83 Å². The molecular formula is C36H22B2N2O2. The molecule has 4 heterocycles. The van der Waals surface area contributed by atoms with Crippen LogP contribution in [0.4, 0.5) is 11.6 Å². The summed E-state index contributed by atoms with van der Waals surface area (Å²) in [7, 11) is 0. The molecule has 2 aromatic heterocycles. The number of rotatable bonds is 2. The lowest BCUT2D eigenvalue weighted by Crippen LogP contribution is -2.64. The maximum atomic E-state index is 6.80. The van der Waals surface area contributed by atoms with Crippen LogP contribution in [0.15, 0.2) is 142 Å². The summed E-state index contributed by atoms with van der Waals surface area (Å²) in [6.45, 7) is -0.260. The third-order valence-electron chi connectivity index (χ3n) is 9.13. The van der Waals surface area contributed by atoms with Gasteiger partial charge in [-0.2, -0.15) is 0 Å². The summed E-state index contributed by atoms with van der Waals surface area (Å²) in [5.74, 6) is 0.865. The number of anilines is 2. The van der Waals surface area contributed by atoms with Crippen molar-refractivity contribution in [2.45, 2.75) is 0 Å². The van der Waals surface area contributed by atoms with Crippen molar-refractivity contribution in [2.24, 2.45) is 0 Å². The number of para-hydroxylation sites is 2. The standard InChI is InChI=1S/C36H22B2N2O2/c1-3-15-25-23(11-1)13-9-19-29(25)37-33-27-17-5-7-21-31(27)42-36(33)39-34-28-18-6-8-22-32(28)41-35(34)38(40(37)39)30-20-10-14-24-12-2-4-16-26(24)30/h1-22H. The Morgan fingerprint density at radius 1 is 0.452 bits per heavy atom. The van der Waals surface area contributed by atoms with E-state index >= 15 is 0 Å². The van der Waals surface area contributed by atoms with Gasteiger partial charge in [0.1, 0.15) is 22.5 Å². The fourth-order valence-corrected chi connectivity index (χ4v) is 7.44. The molecule has 0 fully saturated rings. The van der Waals surface area contributed by atoms with Crippen LogP contribution in [0.3, 0.4) is 0 Å². The predicted molar refractivity (Wildman–Crippen MR) is 174 cm³/mol. The first-order chi connectivity index (χ1) is 20.9. The van der Waals surface area contributed by atoms with Gasteiger partial charge in [-0.3, -0.25) is 9.84 Å². The van der Waals surface area contributed by atoms with E-state index in [1.807, 2.05) is 12.1 Å². The molecule has 42 heavy (non-hydrogen) atoms. The van der Waals surface area contributed by atoms with Gasteiger partial charge >= 0.3 is 13.7 Å². The van der Waals surface area contributed by atoms with Crippen molar-refractivity contribution in [3.05, 3.63) is 133 Å². The number of hydrazine groups is 1. The van der Waals surface area contributed by atoms with Gasteiger partial charge in [0.15, 0.2) is 0 Å². The Hall–Kier alpha value is -5.19. The number of benzene rings is 6. The van der Waals surface area contributed by atoms with Crippen molar-refractivity contribution in [1.82, 2.24) is 4.83 Å². The lowest BCUT2D eigenvalue weighted by molar-refractivity contribution is 0.571. The van der Waals surface area contributed by atoms with Gasteiger partial charge in [0, 0.05) is 16.2 Å². The van der Waals surface area contributed by atoms with Gasteiger partial charge < -0.3 is 8.83 Å². The highest BCUT2D eigenvalue weighted by atomic mass is 16.4. The van der Waals surface area contributed by atoms with E-state index in [4.69, 9.17) is 8.83 Å². The average molecular weight is 536 g/mol. The molecule has 0 saturated heterocycles. The van der Waals surface area contributed by atoms with Gasteiger partial charge in [-0.25, -0.2) is 0 Å². The normalized spacial score (nSPS) is 14.4. The number of hydrogen-bond donors (Lipinski definition) is 0. The Kier molecular flexibility index (Phi) is 4.38. The van der Waals surface area contributed by atoms with Gasteiger partial charge in [0.2, 0.25) is 5.88 Å². The quantitative estimate of drug-likeness (QED) is 0.251. The minimum atomic E-state index is -0.163. The summed E-state index contributed by atoms with van der Waals surface area (Å²) in [6.07, 6.45) is 0. The van der Waals surface area contributed by atoms with Crippen LogP contribution in [0.25, 0.3) is 43.5 Å². The zero-order valence-corrected chi connectivity index (χ0v) is 22.6. The van der Waals surface area contributed by atoms with Gasteiger partial charge in [-0.05, 0) is 50.7 Å². The van der Waals surface area contributed by atoms with Gasteiger partial charge in [0.05, 0.1) is 0 Å². The Balaban J connectivity index is 1.35. The largest absolute Gasteiger partial charge is 0.467 e. The lowest BCUT2D eigenvalue weighted by atomic mass is 9.40. The fraction of sp³-hybridized carbons (Fsp3) is 0. The molecule has 0 atom stereocenters. The summed E-state index contributed by atoms with van der Waals surface area (Å²) in [5.41, 5.74) is 7.46. The van der Waals surface area contributed by atoms with E-state index in [9.17, 15) is 0 Å². The van der Waals surface area contributed by atoms with E-state index in [0.717, 1.165) is 39.2 Å². The third kappa shape index (κ3) is 2.82. The molecule has 10 rings (SSSR count). The van der Waals surface area contributed by atoms with Crippen LogP contribution in [-0.4, -0.2) is 18.5 Å². The van der Waals surface area contributed by atoms with Crippen molar-refractivity contribution in [2.75, 3.05) is 5.01 Å². The van der Waals surface area contributed by atoms with Gasteiger partial charge in [-0.15, -0.1) is 0 Å². The van der Waals surface area contributed by atoms with E-state index in [1.165, 1.54) is 37.9 Å². The summed E-state index contributed by atoms with van der Waals surface area (Å²) in [5, 5.41) is 9.46. The zero-order chi connectivity index (χ0) is 27.4. The summed E-state index contributed by atoms with van der Waals surface area (Å²) in [6, 6.07) is 47.4. The SMILES string of the molecule is c1ccc2c(B3c4oc5ccccc5c4N4c5oc6ccccc6c5B(c5cccc6ccccc56)N34)cccc2c1. The van der Waals surface area contributed by atoms with Crippen molar-refractivity contribution >= 4 is 90.8 Å². The predicted octanol–water partition coefficient (Wildman–Crippen LogP) is 6.08. The van der Waals surface area contributed by atoms with Crippen LogP contribution < -0.4 is 27.1 Å². The molecule has 6 heteroatoms. The Labute approximate surface area is 242 Å². The lowest BCUT2D eigenvalue weighted by Gasteiger charge is -2.31. The first-order valence-corrected chi connectivity index (χ1v) is 14.4. The number of furan rings is 2. The molecule has 0 saturated carbocycles. The Morgan fingerprint density at radius 3 is 1.67 bits per heavy atom. The average Bonchev–Trinajstić information content (AvgIpc) is 3.76. The highest BCUT2D eigenvalue weighted by Gasteiger charge is 2.58. The van der Waals surface area contributed by atoms with Crippen LogP contribution in [0, 0.1) is 0 Å². The van der Waals surface area contributed by atoms with Crippen molar-refractivity contribution in [3.63, 3.8) is 0 Å². The monoisotopic (exact) mass is 536 g/mol. The summed E-state index contributed by atoms with van der Waals surface area (Å²) >= 11 is 0. The zero-order valence-electron chi connectivity index (χ0n) is 22.6. The second kappa shape index (κ2) is 8.19. The molecule has 0 N–H and O–H groups in total. The van der Waals surface area contributed by atoms with E-state index in [2.05, 4.69) is 131 Å². The first kappa shape index (κ1) is 22.5. The molecule has 0 radical (unpaired) electrons. The van der Waals surface area contributed by atoms with Crippen LogP contribution in [0.5, 0.6) is 0 Å². The second-order valence-electron chi connectivity index (χ2n) is 11.3. The molecule has 0 unspecified atom stereocenters. The highest BCUT2D eigenvalue weighted by Crippen LogP contribution is 2.45. The molecule has 2 aliphatic heterocycles. The van der Waals surface area contributed by atoms with Crippen molar-refractivity contribution in [3.8, 4) is 0 Å². The van der Waals surface area contributed by atoms with E-state index < -0.39 is 0 Å². The highest BCUT2D eigenvalue weighted by molar-refractivity contribution is 7.02. The van der Waals surface area contributed by atoms with Crippen LogP contribution in [-0.2, 0) is 0 Å². The minimum Gasteiger partial charge on any atom is -0.467 e. The fourth-order valence-electron chi connectivity index (χ4n) is 7.44. The smallest absolute Gasteiger partial charge is 0.347 e. The molecule has 194 valence electrons.